The fourth-order valence-corrected chi connectivity index (χ4v) is 1.52. The molecule has 74 valence electrons. The summed E-state index contributed by atoms with van der Waals surface area (Å²) in [6.07, 6.45) is 2.23. The Labute approximate surface area is 76.7 Å². The number of hydrogen-bond donors (Lipinski definition) is 1. The molecule has 1 aliphatic carbocycles. The predicted octanol–water partition coefficient (Wildman–Crippen LogP) is 0.831. The Morgan fingerprint density at radius 3 is 2.62 bits per heavy atom. The molecule has 0 radical (unpaired) electrons. The molecular weight excluding hydrogens is 173 g/mol. The van der Waals surface area contributed by atoms with Crippen molar-refractivity contribution in [1.29, 1.82) is 0 Å². The minimum atomic E-state index is -0.530. The first kappa shape index (κ1) is 10.2. The number of carbonyl (C=O) groups excluding carboxylic acids is 2. The van der Waals surface area contributed by atoms with Gasteiger partial charge in [0.15, 0.2) is 0 Å². The Morgan fingerprint density at radius 1 is 1.46 bits per heavy atom. The molecule has 0 aromatic heterocycles. The number of amides is 1. The second-order valence-corrected chi connectivity index (χ2v) is 3.29. The molecule has 0 unspecified atom stereocenters. The second-order valence-electron chi connectivity index (χ2n) is 3.29. The third kappa shape index (κ3) is 3.13. The van der Waals surface area contributed by atoms with Crippen LogP contribution in [0.4, 0.5) is 4.39 Å². The van der Waals surface area contributed by atoms with Gasteiger partial charge in [-0.2, -0.15) is 0 Å². The van der Waals surface area contributed by atoms with E-state index in [-0.39, 0.29) is 24.2 Å². The first-order valence-corrected chi connectivity index (χ1v) is 4.59. The molecule has 1 aliphatic rings. The molecule has 4 heteroatoms. The zero-order chi connectivity index (χ0) is 9.68. The van der Waals surface area contributed by atoms with Gasteiger partial charge in [-0.15, -0.1) is 0 Å². The molecule has 0 spiro atoms. The minimum Gasteiger partial charge on any atom is -0.353 e. The maximum absolute atomic E-state index is 11.7. The molecule has 1 saturated carbocycles. The average Bonchev–Trinajstić information content (AvgIpc) is 2.15. The van der Waals surface area contributed by atoms with E-state index < -0.39 is 6.67 Å². The SMILES string of the molecule is O=C1CCC(C(=O)NCCF)CC1. The lowest BCUT2D eigenvalue weighted by Crippen LogP contribution is -2.34. The number of halogens is 1. The van der Waals surface area contributed by atoms with Crippen molar-refractivity contribution in [2.75, 3.05) is 13.2 Å². The number of alkyl halides is 1. The maximum atomic E-state index is 11.7. The van der Waals surface area contributed by atoms with Crippen LogP contribution in [0.2, 0.25) is 0 Å². The van der Waals surface area contributed by atoms with Gasteiger partial charge in [0.2, 0.25) is 5.91 Å². The monoisotopic (exact) mass is 187 g/mol. The molecule has 0 heterocycles. The van der Waals surface area contributed by atoms with Crippen molar-refractivity contribution in [3.63, 3.8) is 0 Å². The Morgan fingerprint density at radius 2 is 2.08 bits per heavy atom. The lowest BCUT2D eigenvalue weighted by atomic mass is 9.88. The van der Waals surface area contributed by atoms with E-state index in [0.29, 0.717) is 25.7 Å². The van der Waals surface area contributed by atoms with Crippen molar-refractivity contribution in [3.8, 4) is 0 Å². The summed E-state index contributed by atoms with van der Waals surface area (Å²) in [6.45, 7) is -0.444. The highest BCUT2D eigenvalue weighted by Gasteiger charge is 2.24. The Bertz CT molecular complexity index is 196. The lowest BCUT2D eigenvalue weighted by Gasteiger charge is -2.19. The summed E-state index contributed by atoms with van der Waals surface area (Å²) >= 11 is 0. The van der Waals surface area contributed by atoms with E-state index in [4.69, 9.17) is 0 Å². The Balaban J connectivity index is 2.27. The lowest BCUT2D eigenvalue weighted by molar-refractivity contribution is -0.128. The fraction of sp³-hybridized carbons (Fsp3) is 0.778. The van der Waals surface area contributed by atoms with Crippen LogP contribution in [0.1, 0.15) is 25.7 Å². The van der Waals surface area contributed by atoms with Crippen LogP contribution in [-0.4, -0.2) is 24.9 Å². The molecular formula is C9H14FNO2. The Kier molecular flexibility index (Phi) is 3.86. The van der Waals surface area contributed by atoms with Gasteiger partial charge in [0.25, 0.3) is 0 Å². The number of rotatable bonds is 3. The number of carbonyl (C=O) groups is 2. The van der Waals surface area contributed by atoms with Crippen LogP contribution in [0.15, 0.2) is 0 Å². The van der Waals surface area contributed by atoms with E-state index >= 15 is 0 Å². The first-order valence-electron chi connectivity index (χ1n) is 4.59. The van der Waals surface area contributed by atoms with Gasteiger partial charge in [-0.3, -0.25) is 9.59 Å². The number of hydrogen-bond acceptors (Lipinski definition) is 2. The van der Waals surface area contributed by atoms with Crippen LogP contribution in [0.3, 0.4) is 0 Å². The molecule has 1 N–H and O–H groups in total. The normalized spacial score (nSPS) is 18.7. The molecule has 3 nitrogen and oxygen atoms in total. The summed E-state index contributed by atoms with van der Waals surface area (Å²) in [5.74, 6) is 0.0453. The highest BCUT2D eigenvalue weighted by Crippen LogP contribution is 2.21. The van der Waals surface area contributed by atoms with Crippen LogP contribution in [-0.2, 0) is 9.59 Å². The fourth-order valence-electron chi connectivity index (χ4n) is 1.52. The van der Waals surface area contributed by atoms with Gasteiger partial charge in [0, 0.05) is 25.3 Å². The quantitative estimate of drug-likeness (QED) is 0.711. The van der Waals surface area contributed by atoms with Gasteiger partial charge < -0.3 is 5.32 Å². The summed E-state index contributed by atoms with van der Waals surface area (Å²) in [7, 11) is 0. The largest absolute Gasteiger partial charge is 0.353 e. The van der Waals surface area contributed by atoms with E-state index in [2.05, 4.69) is 5.32 Å². The van der Waals surface area contributed by atoms with Crippen molar-refractivity contribution in [1.82, 2.24) is 5.32 Å². The van der Waals surface area contributed by atoms with Crippen LogP contribution in [0.5, 0.6) is 0 Å². The summed E-state index contributed by atoms with van der Waals surface area (Å²) in [5.41, 5.74) is 0. The molecule has 0 bridgehead atoms. The third-order valence-corrected chi connectivity index (χ3v) is 2.31. The third-order valence-electron chi connectivity index (χ3n) is 2.31. The van der Waals surface area contributed by atoms with Crippen molar-refractivity contribution in [2.45, 2.75) is 25.7 Å². The van der Waals surface area contributed by atoms with E-state index in [1.807, 2.05) is 0 Å². The first-order chi connectivity index (χ1) is 6.24. The molecule has 0 aromatic rings. The topological polar surface area (TPSA) is 46.2 Å². The highest BCUT2D eigenvalue weighted by molar-refractivity contribution is 5.84. The molecule has 1 amide bonds. The average molecular weight is 187 g/mol. The molecule has 0 aliphatic heterocycles. The van der Waals surface area contributed by atoms with Crippen molar-refractivity contribution >= 4 is 11.7 Å². The van der Waals surface area contributed by atoms with Crippen LogP contribution < -0.4 is 5.32 Å². The predicted molar refractivity (Wildman–Crippen MR) is 45.9 cm³/mol. The van der Waals surface area contributed by atoms with Crippen LogP contribution in [0, 0.1) is 5.92 Å². The summed E-state index contributed by atoms with van der Waals surface area (Å²) in [6, 6.07) is 0. The van der Waals surface area contributed by atoms with Gasteiger partial charge in [-0.05, 0) is 12.8 Å². The van der Waals surface area contributed by atoms with E-state index in [0.717, 1.165) is 0 Å². The van der Waals surface area contributed by atoms with E-state index in [9.17, 15) is 14.0 Å². The summed E-state index contributed by atoms with van der Waals surface area (Å²) < 4.78 is 11.7. The molecule has 1 rings (SSSR count). The maximum Gasteiger partial charge on any atom is 0.223 e. The molecule has 1 fully saturated rings. The number of ketones is 1. The van der Waals surface area contributed by atoms with E-state index in [1.165, 1.54) is 0 Å². The Hall–Kier alpha value is -0.930. The number of nitrogens with one attached hydrogen (secondary N) is 1. The molecule has 13 heavy (non-hydrogen) atoms. The second kappa shape index (κ2) is 4.94. The number of Topliss-reactive ketones (excluding diaryl/α,β-unsaturated/α-hetero) is 1. The summed E-state index contributed by atoms with van der Waals surface area (Å²) in [4.78, 5) is 22.1. The van der Waals surface area contributed by atoms with Gasteiger partial charge in [-0.1, -0.05) is 0 Å². The highest BCUT2D eigenvalue weighted by atomic mass is 19.1. The smallest absolute Gasteiger partial charge is 0.223 e. The zero-order valence-electron chi connectivity index (χ0n) is 7.51. The van der Waals surface area contributed by atoms with Crippen LogP contribution in [0.25, 0.3) is 0 Å². The van der Waals surface area contributed by atoms with Crippen molar-refractivity contribution in [2.24, 2.45) is 5.92 Å². The summed E-state index contributed by atoms with van der Waals surface area (Å²) in [5, 5.41) is 2.49. The van der Waals surface area contributed by atoms with Gasteiger partial charge in [0.05, 0.1) is 0 Å². The van der Waals surface area contributed by atoms with E-state index in [1.54, 1.807) is 0 Å². The van der Waals surface area contributed by atoms with Gasteiger partial charge in [0.1, 0.15) is 12.5 Å². The molecule has 0 atom stereocenters. The minimum absolute atomic E-state index is 0.0794. The van der Waals surface area contributed by atoms with Gasteiger partial charge in [-0.25, -0.2) is 4.39 Å². The molecule has 0 aromatic carbocycles. The van der Waals surface area contributed by atoms with Crippen molar-refractivity contribution in [3.05, 3.63) is 0 Å². The van der Waals surface area contributed by atoms with Crippen molar-refractivity contribution < 1.29 is 14.0 Å². The molecule has 0 saturated heterocycles. The van der Waals surface area contributed by atoms with Crippen LogP contribution >= 0.6 is 0 Å². The standard InChI is InChI=1S/C9H14FNO2/c10-5-6-11-9(13)7-1-3-8(12)4-2-7/h7H,1-6H2,(H,11,13). The van der Waals surface area contributed by atoms with Gasteiger partial charge >= 0.3 is 0 Å². The zero-order valence-corrected chi connectivity index (χ0v) is 7.51.